The minimum Gasteiger partial charge on any atom is -0.493 e. The molecule has 0 unspecified atom stereocenters. The van der Waals surface area contributed by atoms with Crippen molar-refractivity contribution >= 4 is 0 Å². The molecule has 3 nitrogen and oxygen atoms in total. The molecule has 0 amide bonds. The first-order valence-corrected chi connectivity index (χ1v) is 4.85. The molecule has 0 aromatic heterocycles. The summed E-state index contributed by atoms with van der Waals surface area (Å²) in [6.45, 7) is 1.70. The Kier molecular flexibility index (Phi) is 4.06. The summed E-state index contributed by atoms with van der Waals surface area (Å²) in [6, 6.07) is 0.661. The summed E-state index contributed by atoms with van der Waals surface area (Å²) in [7, 11) is 2.74. The largest absolute Gasteiger partial charge is 0.493 e. The molecule has 1 rings (SSSR count). The van der Waals surface area contributed by atoms with Gasteiger partial charge in [0.2, 0.25) is 0 Å². The average molecular weight is 231 g/mol. The Morgan fingerprint density at radius 2 is 1.94 bits per heavy atom. The van der Waals surface area contributed by atoms with Gasteiger partial charge in [-0.3, -0.25) is 0 Å². The topological polar surface area (TPSA) is 44.5 Å². The van der Waals surface area contributed by atoms with E-state index in [1.54, 1.807) is 6.92 Å². The maximum atomic E-state index is 13.6. The van der Waals surface area contributed by atoms with Gasteiger partial charge in [0.1, 0.15) is 0 Å². The number of halogens is 2. The van der Waals surface area contributed by atoms with Gasteiger partial charge in [-0.25, -0.2) is 8.78 Å². The highest BCUT2D eigenvalue weighted by molar-refractivity contribution is 5.48. The van der Waals surface area contributed by atoms with Crippen LogP contribution in [0.5, 0.6) is 11.5 Å². The third-order valence-corrected chi connectivity index (χ3v) is 2.18. The van der Waals surface area contributed by atoms with Crippen LogP contribution in [-0.4, -0.2) is 20.3 Å². The van der Waals surface area contributed by atoms with Crippen LogP contribution in [-0.2, 0) is 6.42 Å². The average Bonchev–Trinajstić information content (AvgIpc) is 2.23. The number of hydrogen-bond acceptors (Lipinski definition) is 3. The summed E-state index contributed by atoms with van der Waals surface area (Å²) in [6.07, 6.45) is 0.184. The lowest BCUT2D eigenvalue weighted by Gasteiger charge is -2.15. The molecule has 0 bridgehead atoms. The normalized spacial score (nSPS) is 12.4. The number of benzene rings is 1. The zero-order valence-corrected chi connectivity index (χ0v) is 9.51. The van der Waals surface area contributed by atoms with E-state index in [9.17, 15) is 8.78 Å². The number of nitrogens with two attached hydrogens (primary N) is 1. The fourth-order valence-electron chi connectivity index (χ4n) is 1.52. The molecule has 0 saturated carbocycles. The highest BCUT2D eigenvalue weighted by Crippen LogP contribution is 2.35. The molecule has 0 saturated heterocycles. The van der Waals surface area contributed by atoms with E-state index in [4.69, 9.17) is 15.2 Å². The Balaban J connectivity index is 3.34. The van der Waals surface area contributed by atoms with Crippen molar-refractivity contribution in [3.63, 3.8) is 0 Å². The second-order valence-electron chi connectivity index (χ2n) is 3.57. The lowest BCUT2D eigenvalue weighted by atomic mass is 10.0. The van der Waals surface area contributed by atoms with E-state index in [-0.39, 0.29) is 29.5 Å². The van der Waals surface area contributed by atoms with Crippen molar-refractivity contribution in [2.24, 2.45) is 5.73 Å². The summed E-state index contributed by atoms with van der Waals surface area (Å²) < 4.78 is 36.7. The lowest BCUT2D eigenvalue weighted by molar-refractivity contribution is 0.341. The minimum atomic E-state index is -0.965. The van der Waals surface area contributed by atoms with Crippen molar-refractivity contribution in [3.8, 4) is 11.5 Å². The molecule has 0 aliphatic carbocycles. The Morgan fingerprint density at radius 1 is 1.31 bits per heavy atom. The van der Waals surface area contributed by atoms with Crippen LogP contribution >= 0.6 is 0 Å². The molecule has 1 aromatic carbocycles. The molecule has 0 fully saturated rings. The number of rotatable bonds is 4. The monoisotopic (exact) mass is 231 g/mol. The second-order valence-corrected chi connectivity index (χ2v) is 3.57. The van der Waals surface area contributed by atoms with Crippen molar-refractivity contribution in [2.45, 2.75) is 19.4 Å². The maximum Gasteiger partial charge on any atom is 0.167 e. The Labute approximate surface area is 93.2 Å². The minimum absolute atomic E-state index is 0.106. The van der Waals surface area contributed by atoms with Crippen LogP contribution in [0.3, 0.4) is 0 Å². The van der Waals surface area contributed by atoms with Crippen molar-refractivity contribution < 1.29 is 18.3 Å². The molecular weight excluding hydrogens is 216 g/mol. The van der Waals surface area contributed by atoms with Gasteiger partial charge in [0.15, 0.2) is 23.1 Å². The molecule has 16 heavy (non-hydrogen) atoms. The summed E-state index contributed by atoms with van der Waals surface area (Å²) in [5, 5.41) is 0. The lowest BCUT2D eigenvalue weighted by Crippen LogP contribution is -2.19. The van der Waals surface area contributed by atoms with E-state index in [1.807, 2.05) is 0 Å². The van der Waals surface area contributed by atoms with Crippen molar-refractivity contribution in [1.82, 2.24) is 0 Å². The maximum absolute atomic E-state index is 13.6. The Hall–Kier alpha value is -1.36. The van der Waals surface area contributed by atoms with Gasteiger partial charge in [0.25, 0.3) is 0 Å². The number of hydrogen-bond donors (Lipinski definition) is 1. The van der Waals surface area contributed by atoms with Crippen LogP contribution in [0.25, 0.3) is 0 Å². The van der Waals surface area contributed by atoms with E-state index in [0.717, 1.165) is 6.07 Å². The Morgan fingerprint density at radius 3 is 2.38 bits per heavy atom. The standard InChI is InChI=1S/C11H15F2NO2/c1-6(14)4-7-10(13)8(12)5-9(15-2)11(7)16-3/h5-6H,4,14H2,1-3H3/t6-/m0/s1. The van der Waals surface area contributed by atoms with Crippen molar-refractivity contribution in [1.29, 1.82) is 0 Å². The van der Waals surface area contributed by atoms with Gasteiger partial charge in [-0.1, -0.05) is 0 Å². The number of ether oxygens (including phenoxy) is 2. The van der Waals surface area contributed by atoms with E-state index in [0.29, 0.717) is 0 Å². The fourth-order valence-corrected chi connectivity index (χ4v) is 1.52. The predicted octanol–water partition coefficient (Wildman–Crippen LogP) is 1.87. The van der Waals surface area contributed by atoms with Crippen LogP contribution < -0.4 is 15.2 Å². The van der Waals surface area contributed by atoms with E-state index < -0.39 is 11.6 Å². The van der Waals surface area contributed by atoms with Gasteiger partial charge in [-0.15, -0.1) is 0 Å². The van der Waals surface area contributed by atoms with Gasteiger partial charge in [0, 0.05) is 17.7 Å². The van der Waals surface area contributed by atoms with Crippen molar-refractivity contribution in [2.75, 3.05) is 14.2 Å². The first-order valence-electron chi connectivity index (χ1n) is 4.85. The van der Waals surface area contributed by atoms with Crippen LogP contribution in [0, 0.1) is 11.6 Å². The molecule has 90 valence electrons. The third-order valence-electron chi connectivity index (χ3n) is 2.18. The highest BCUT2D eigenvalue weighted by Gasteiger charge is 2.20. The SMILES string of the molecule is COc1cc(F)c(F)c(C[C@H](C)N)c1OC. The zero-order chi connectivity index (χ0) is 12.3. The molecule has 0 spiro atoms. The van der Waals surface area contributed by atoms with E-state index in [1.165, 1.54) is 14.2 Å². The third kappa shape index (κ3) is 2.41. The van der Waals surface area contributed by atoms with Crippen LogP contribution in [0.2, 0.25) is 0 Å². The Bertz CT molecular complexity index is 381. The fraction of sp³-hybridized carbons (Fsp3) is 0.455. The number of methoxy groups -OCH3 is 2. The van der Waals surface area contributed by atoms with Gasteiger partial charge in [-0.2, -0.15) is 0 Å². The summed E-state index contributed by atoms with van der Waals surface area (Å²) in [5.74, 6) is -1.54. The molecule has 2 N–H and O–H groups in total. The van der Waals surface area contributed by atoms with Gasteiger partial charge in [-0.05, 0) is 13.3 Å². The summed E-state index contributed by atoms with van der Waals surface area (Å²) >= 11 is 0. The predicted molar refractivity (Wildman–Crippen MR) is 56.8 cm³/mol. The van der Waals surface area contributed by atoms with E-state index in [2.05, 4.69) is 0 Å². The zero-order valence-electron chi connectivity index (χ0n) is 9.51. The molecular formula is C11H15F2NO2. The van der Waals surface area contributed by atoms with Crippen LogP contribution in [0.15, 0.2) is 6.07 Å². The molecule has 1 atom stereocenters. The molecule has 0 aliphatic heterocycles. The summed E-state index contributed by atoms with van der Waals surface area (Å²) in [5.41, 5.74) is 5.68. The van der Waals surface area contributed by atoms with E-state index >= 15 is 0 Å². The molecule has 5 heteroatoms. The van der Waals surface area contributed by atoms with Gasteiger partial charge in [0.05, 0.1) is 14.2 Å². The molecule has 1 aromatic rings. The van der Waals surface area contributed by atoms with Crippen molar-refractivity contribution in [3.05, 3.63) is 23.3 Å². The quantitative estimate of drug-likeness (QED) is 0.860. The first kappa shape index (κ1) is 12.7. The van der Waals surface area contributed by atoms with Gasteiger partial charge < -0.3 is 15.2 Å². The highest BCUT2D eigenvalue weighted by atomic mass is 19.2. The molecule has 0 aliphatic rings. The van der Waals surface area contributed by atoms with Crippen LogP contribution in [0.4, 0.5) is 8.78 Å². The molecule has 0 radical (unpaired) electrons. The molecule has 0 heterocycles. The second kappa shape index (κ2) is 5.12. The summed E-state index contributed by atoms with van der Waals surface area (Å²) in [4.78, 5) is 0. The van der Waals surface area contributed by atoms with Crippen LogP contribution in [0.1, 0.15) is 12.5 Å². The van der Waals surface area contributed by atoms with Gasteiger partial charge >= 0.3 is 0 Å². The smallest absolute Gasteiger partial charge is 0.167 e. The first-order chi connectivity index (χ1) is 7.51.